The van der Waals surface area contributed by atoms with Crippen molar-refractivity contribution in [1.29, 1.82) is 0 Å². The molecule has 1 aliphatic rings. The second-order valence-electron chi connectivity index (χ2n) is 9.44. The van der Waals surface area contributed by atoms with E-state index in [1.165, 1.54) is 28.2 Å². The molecule has 2 aromatic carbocycles. The predicted molar refractivity (Wildman–Crippen MR) is 144 cm³/mol. The fraction of sp³-hybridized carbons (Fsp3) is 0.379. The Labute approximate surface area is 230 Å². The number of benzene rings is 2. The van der Waals surface area contributed by atoms with Crippen molar-refractivity contribution >= 4 is 28.9 Å². The summed E-state index contributed by atoms with van der Waals surface area (Å²) >= 11 is 0. The lowest BCUT2D eigenvalue weighted by Gasteiger charge is -2.29. The monoisotopic (exact) mass is 553 g/mol. The van der Waals surface area contributed by atoms with Crippen molar-refractivity contribution in [2.24, 2.45) is 0 Å². The largest absolute Gasteiger partial charge is 0.465 e. The first-order valence-electron chi connectivity index (χ1n) is 13.2. The van der Waals surface area contributed by atoms with E-state index in [4.69, 9.17) is 13.9 Å². The van der Waals surface area contributed by atoms with Gasteiger partial charge >= 0.3 is 12.0 Å². The number of rotatable bonds is 11. The van der Waals surface area contributed by atoms with Crippen LogP contribution in [0.5, 0.6) is 0 Å². The lowest BCUT2D eigenvalue weighted by Crippen LogP contribution is -2.50. The fourth-order valence-corrected chi connectivity index (χ4v) is 4.46. The van der Waals surface area contributed by atoms with Gasteiger partial charge in [-0.05, 0) is 49.6 Å². The lowest BCUT2D eigenvalue weighted by atomic mass is 10.1. The Bertz CT molecular complexity index is 1390. The Morgan fingerprint density at radius 3 is 2.58 bits per heavy atom. The van der Waals surface area contributed by atoms with Crippen molar-refractivity contribution in [1.82, 2.24) is 15.1 Å². The van der Waals surface area contributed by atoms with Gasteiger partial charge in [0.15, 0.2) is 5.43 Å². The average Bonchev–Trinajstić information content (AvgIpc) is 3.47. The van der Waals surface area contributed by atoms with Crippen molar-refractivity contribution in [2.75, 3.05) is 32.8 Å². The molecule has 0 aliphatic carbocycles. The van der Waals surface area contributed by atoms with Crippen LogP contribution >= 0.6 is 0 Å². The normalized spacial score (nSPS) is 14.6. The summed E-state index contributed by atoms with van der Waals surface area (Å²) in [7, 11) is 0. The molecule has 3 aromatic rings. The zero-order chi connectivity index (χ0) is 28.5. The summed E-state index contributed by atoms with van der Waals surface area (Å²) < 4.78 is 29.7. The van der Waals surface area contributed by atoms with Crippen LogP contribution in [-0.2, 0) is 32.2 Å². The highest BCUT2D eigenvalue weighted by Gasteiger charge is 2.27. The molecule has 212 valence electrons. The smallest absolute Gasteiger partial charge is 0.325 e. The molecular formula is C29H32FN3O7. The third-order valence-electron chi connectivity index (χ3n) is 6.50. The average molecular weight is 554 g/mol. The molecule has 0 bridgehead atoms. The van der Waals surface area contributed by atoms with Crippen molar-refractivity contribution < 1.29 is 32.7 Å². The highest BCUT2D eigenvalue weighted by Crippen LogP contribution is 2.17. The Morgan fingerprint density at radius 2 is 1.85 bits per heavy atom. The number of para-hydroxylation sites is 1. The number of hydrogen-bond donors (Lipinski definition) is 1. The van der Waals surface area contributed by atoms with Crippen molar-refractivity contribution in [2.45, 2.75) is 39.0 Å². The minimum atomic E-state index is -0.621. The highest BCUT2D eigenvalue weighted by atomic mass is 19.1. The summed E-state index contributed by atoms with van der Waals surface area (Å²) in [5, 5.41) is 2.88. The summed E-state index contributed by atoms with van der Waals surface area (Å²) in [6, 6.07) is 11.9. The van der Waals surface area contributed by atoms with E-state index in [1.807, 2.05) is 0 Å². The summed E-state index contributed by atoms with van der Waals surface area (Å²) in [4.78, 5) is 54.4. The number of fused-ring (bicyclic) bond motifs is 1. The number of nitrogens with zero attached hydrogens (tertiary/aromatic N) is 2. The lowest BCUT2D eigenvalue weighted by molar-refractivity contribution is -0.141. The third-order valence-corrected chi connectivity index (χ3v) is 6.50. The van der Waals surface area contributed by atoms with E-state index < -0.39 is 23.7 Å². The van der Waals surface area contributed by atoms with E-state index in [1.54, 1.807) is 43.3 Å². The van der Waals surface area contributed by atoms with Crippen LogP contribution < -0.4 is 10.7 Å². The molecule has 1 unspecified atom stereocenters. The van der Waals surface area contributed by atoms with Crippen molar-refractivity contribution in [3.05, 3.63) is 82.0 Å². The molecule has 1 N–H and O–H groups in total. The molecule has 1 saturated heterocycles. The Hall–Kier alpha value is -4.25. The molecule has 0 radical (unpaired) electrons. The topological polar surface area (TPSA) is 118 Å². The van der Waals surface area contributed by atoms with Gasteiger partial charge in [0.25, 0.3) is 0 Å². The quantitative estimate of drug-likeness (QED) is 0.362. The van der Waals surface area contributed by atoms with Gasteiger partial charge < -0.3 is 29.0 Å². The SMILES string of the molecule is CCOC(=O)CNC(=O)N(CC(=O)N(Cc1ccc(F)cc1)Cc1coc2ccccc2c1=O)CC1CCCO1. The third kappa shape index (κ3) is 7.66. The van der Waals surface area contributed by atoms with Gasteiger partial charge in [-0.2, -0.15) is 0 Å². The van der Waals surface area contributed by atoms with E-state index in [0.29, 0.717) is 23.1 Å². The van der Waals surface area contributed by atoms with Gasteiger partial charge in [0.2, 0.25) is 5.91 Å². The molecule has 1 aliphatic heterocycles. The molecule has 4 rings (SSSR count). The van der Waals surface area contributed by atoms with Gasteiger partial charge in [0, 0.05) is 19.7 Å². The van der Waals surface area contributed by atoms with Crippen LogP contribution in [0.25, 0.3) is 11.0 Å². The molecule has 1 fully saturated rings. The summed E-state index contributed by atoms with van der Waals surface area (Å²) in [6.45, 7) is 1.82. The van der Waals surface area contributed by atoms with Crippen LogP contribution in [0.4, 0.5) is 9.18 Å². The van der Waals surface area contributed by atoms with Crippen LogP contribution in [0.1, 0.15) is 30.9 Å². The maximum atomic E-state index is 13.7. The Balaban J connectivity index is 1.57. The summed E-state index contributed by atoms with van der Waals surface area (Å²) in [5.41, 5.74) is 1.04. The first kappa shape index (κ1) is 28.8. The van der Waals surface area contributed by atoms with Crippen LogP contribution in [-0.4, -0.2) is 66.7 Å². The standard InChI is InChI=1S/C29H32FN3O7/c1-2-38-27(35)14-31-29(37)33(17-23-6-5-13-39-23)18-26(34)32(15-20-9-11-22(30)12-10-20)16-21-19-40-25-8-4-3-7-24(25)28(21)36/h3-4,7-12,19,23H,2,5-6,13-18H2,1H3,(H,31,37). The van der Waals surface area contributed by atoms with E-state index >= 15 is 0 Å². The molecular weight excluding hydrogens is 521 g/mol. The van der Waals surface area contributed by atoms with Crippen LogP contribution in [0.2, 0.25) is 0 Å². The van der Waals surface area contributed by atoms with Gasteiger partial charge in [-0.25, -0.2) is 9.18 Å². The maximum Gasteiger partial charge on any atom is 0.325 e. The van der Waals surface area contributed by atoms with E-state index in [0.717, 1.165) is 12.8 Å². The molecule has 2 heterocycles. The Kier molecular flexibility index (Phi) is 9.85. The zero-order valence-electron chi connectivity index (χ0n) is 22.3. The van der Waals surface area contributed by atoms with E-state index in [-0.39, 0.29) is 56.4 Å². The minimum absolute atomic E-state index is 0.0591. The second-order valence-corrected chi connectivity index (χ2v) is 9.44. The molecule has 10 nitrogen and oxygen atoms in total. The zero-order valence-corrected chi connectivity index (χ0v) is 22.3. The van der Waals surface area contributed by atoms with Crippen LogP contribution in [0, 0.1) is 5.82 Å². The summed E-state index contributed by atoms with van der Waals surface area (Å²) in [5.74, 6) is -1.47. The van der Waals surface area contributed by atoms with Gasteiger partial charge in [-0.3, -0.25) is 14.4 Å². The van der Waals surface area contributed by atoms with Crippen molar-refractivity contribution in [3.8, 4) is 0 Å². The first-order valence-corrected chi connectivity index (χ1v) is 13.2. The highest BCUT2D eigenvalue weighted by molar-refractivity contribution is 5.86. The predicted octanol–water partition coefficient (Wildman–Crippen LogP) is 3.21. The van der Waals surface area contributed by atoms with Gasteiger partial charge in [-0.15, -0.1) is 0 Å². The number of hydrogen-bond acceptors (Lipinski definition) is 7. The van der Waals surface area contributed by atoms with Gasteiger partial charge in [-0.1, -0.05) is 24.3 Å². The number of ether oxygens (including phenoxy) is 2. The number of nitrogens with one attached hydrogen (secondary N) is 1. The van der Waals surface area contributed by atoms with Crippen LogP contribution in [0.3, 0.4) is 0 Å². The number of carbonyl (C=O) groups excluding carboxylic acids is 3. The number of halogens is 1. The number of amides is 3. The molecule has 0 saturated carbocycles. The molecule has 1 atom stereocenters. The minimum Gasteiger partial charge on any atom is -0.465 e. The van der Waals surface area contributed by atoms with Gasteiger partial charge in [0.05, 0.1) is 36.5 Å². The molecule has 3 amide bonds. The van der Waals surface area contributed by atoms with Crippen molar-refractivity contribution in [3.63, 3.8) is 0 Å². The van der Waals surface area contributed by atoms with E-state index in [9.17, 15) is 23.6 Å². The molecule has 40 heavy (non-hydrogen) atoms. The maximum absolute atomic E-state index is 13.7. The Morgan fingerprint density at radius 1 is 1.07 bits per heavy atom. The van der Waals surface area contributed by atoms with E-state index in [2.05, 4.69) is 5.32 Å². The number of esters is 1. The molecule has 0 spiro atoms. The summed E-state index contributed by atoms with van der Waals surface area (Å²) in [6.07, 6.45) is 2.64. The van der Waals surface area contributed by atoms with Crippen LogP contribution in [0.15, 0.2) is 64.0 Å². The molecule has 11 heteroatoms. The fourth-order valence-electron chi connectivity index (χ4n) is 4.46. The number of carbonyl (C=O) groups is 3. The molecule has 1 aromatic heterocycles. The number of urea groups is 1. The van der Waals surface area contributed by atoms with Gasteiger partial charge in [0.1, 0.15) is 24.5 Å². The second kappa shape index (κ2) is 13.7. The first-order chi connectivity index (χ1) is 19.3.